The Kier molecular flexibility index (Phi) is 7.20. The molecule has 0 spiro atoms. The zero-order valence-corrected chi connectivity index (χ0v) is 21.1. The molecule has 1 aromatic heterocycles. The van der Waals surface area contributed by atoms with E-state index < -0.39 is 10.0 Å². The fourth-order valence-corrected chi connectivity index (χ4v) is 5.33. The molecule has 182 valence electrons. The summed E-state index contributed by atoms with van der Waals surface area (Å²) < 4.78 is 33.9. The highest BCUT2D eigenvalue weighted by molar-refractivity contribution is 7.89. The summed E-state index contributed by atoms with van der Waals surface area (Å²) in [5.74, 6) is -0.713. The molecule has 0 aliphatic rings. The number of halogens is 1. The van der Waals surface area contributed by atoms with E-state index in [-0.39, 0.29) is 29.7 Å². The van der Waals surface area contributed by atoms with E-state index in [9.17, 15) is 13.2 Å². The van der Waals surface area contributed by atoms with Gasteiger partial charge in [-0.25, -0.2) is 13.1 Å². The zero-order chi connectivity index (χ0) is 25.2. The molecular formula is C25H25ClN4O4S. The van der Waals surface area contributed by atoms with Crippen molar-refractivity contribution in [2.24, 2.45) is 7.05 Å². The van der Waals surface area contributed by atoms with Gasteiger partial charge in [0, 0.05) is 31.6 Å². The molecule has 3 aromatic carbocycles. The van der Waals surface area contributed by atoms with E-state index in [0.29, 0.717) is 16.1 Å². The second kappa shape index (κ2) is 10.2. The summed E-state index contributed by atoms with van der Waals surface area (Å²) in [5.41, 5.74) is 3.88. The summed E-state index contributed by atoms with van der Waals surface area (Å²) in [5, 5.41) is 8.67. The maximum Gasteiger partial charge on any atom is 0.306 e. The Morgan fingerprint density at radius 1 is 1.09 bits per heavy atom. The van der Waals surface area contributed by atoms with Crippen molar-refractivity contribution in [2.75, 3.05) is 14.2 Å². The molecule has 0 fully saturated rings. The predicted molar refractivity (Wildman–Crippen MR) is 134 cm³/mol. The second-order valence-electron chi connectivity index (χ2n) is 8.22. The molecular weight excluding hydrogens is 488 g/mol. The molecule has 1 atom stereocenters. The maximum atomic E-state index is 13.0. The van der Waals surface area contributed by atoms with Crippen molar-refractivity contribution in [1.82, 2.24) is 19.3 Å². The van der Waals surface area contributed by atoms with Gasteiger partial charge in [0.15, 0.2) is 0 Å². The van der Waals surface area contributed by atoms with Gasteiger partial charge < -0.3 is 4.74 Å². The lowest BCUT2D eigenvalue weighted by molar-refractivity contribution is -0.140. The molecule has 0 saturated heterocycles. The van der Waals surface area contributed by atoms with Gasteiger partial charge in [-0.3, -0.25) is 4.79 Å². The van der Waals surface area contributed by atoms with Gasteiger partial charge in [0.05, 0.1) is 23.9 Å². The van der Waals surface area contributed by atoms with Crippen molar-refractivity contribution in [3.63, 3.8) is 0 Å². The summed E-state index contributed by atoms with van der Waals surface area (Å²) in [6.07, 6.45) is 0.0987. The van der Waals surface area contributed by atoms with Crippen LogP contribution in [0.15, 0.2) is 71.6 Å². The Hall–Kier alpha value is -3.27. The Bertz CT molecular complexity index is 1470. The summed E-state index contributed by atoms with van der Waals surface area (Å²) in [7, 11) is 0.973. The molecule has 8 nitrogen and oxygen atoms in total. The third-order valence-corrected chi connectivity index (χ3v) is 8.14. The van der Waals surface area contributed by atoms with Crippen LogP contribution in [0, 0.1) is 0 Å². The fraction of sp³-hybridized carbons (Fsp3) is 0.240. The SMILES string of the molecule is COC(=O)CC(c1ccc(Cl)c(CN(C)S(=O)(=O)c2ccccc2)c1)c1ccc2c(c1)nnn2C. The van der Waals surface area contributed by atoms with Crippen LogP contribution in [0.4, 0.5) is 0 Å². The number of ether oxygens (including phenoxy) is 1. The smallest absolute Gasteiger partial charge is 0.306 e. The van der Waals surface area contributed by atoms with Crippen LogP contribution in [-0.2, 0) is 33.1 Å². The maximum absolute atomic E-state index is 13.0. The molecule has 1 heterocycles. The van der Waals surface area contributed by atoms with E-state index in [2.05, 4.69) is 10.3 Å². The number of hydrogen-bond acceptors (Lipinski definition) is 6. The number of nitrogens with zero attached hydrogens (tertiary/aromatic N) is 4. The van der Waals surface area contributed by atoms with Crippen LogP contribution in [0.25, 0.3) is 11.0 Å². The van der Waals surface area contributed by atoms with Crippen molar-refractivity contribution in [2.45, 2.75) is 23.8 Å². The van der Waals surface area contributed by atoms with Crippen LogP contribution in [0.2, 0.25) is 5.02 Å². The number of sulfonamides is 1. The first-order valence-corrected chi connectivity index (χ1v) is 12.7. The normalized spacial score (nSPS) is 12.7. The molecule has 35 heavy (non-hydrogen) atoms. The minimum absolute atomic E-state index is 0.0675. The molecule has 4 aromatic rings. The number of fused-ring (bicyclic) bond motifs is 1. The highest BCUT2D eigenvalue weighted by Gasteiger charge is 2.24. The van der Waals surface area contributed by atoms with E-state index in [4.69, 9.17) is 16.3 Å². The first kappa shape index (κ1) is 24.8. The van der Waals surface area contributed by atoms with Gasteiger partial charge in [-0.1, -0.05) is 53.2 Å². The van der Waals surface area contributed by atoms with Gasteiger partial charge in [0.25, 0.3) is 0 Å². The molecule has 1 unspecified atom stereocenters. The summed E-state index contributed by atoms with van der Waals surface area (Å²) in [6, 6.07) is 19.4. The molecule has 0 N–H and O–H groups in total. The Balaban J connectivity index is 1.70. The highest BCUT2D eigenvalue weighted by Crippen LogP contribution is 2.33. The number of esters is 1. The average Bonchev–Trinajstić information content (AvgIpc) is 3.24. The Morgan fingerprint density at radius 3 is 2.49 bits per heavy atom. The van der Waals surface area contributed by atoms with Crippen molar-refractivity contribution >= 4 is 38.6 Å². The molecule has 0 bridgehead atoms. The third kappa shape index (κ3) is 5.22. The van der Waals surface area contributed by atoms with E-state index in [0.717, 1.165) is 16.6 Å². The number of aryl methyl sites for hydroxylation is 1. The number of rotatable bonds is 8. The van der Waals surface area contributed by atoms with Crippen LogP contribution in [0.5, 0.6) is 0 Å². The number of carbonyl (C=O) groups is 1. The van der Waals surface area contributed by atoms with Crippen molar-refractivity contribution < 1.29 is 17.9 Å². The minimum Gasteiger partial charge on any atom is -0.469 e. The Morgan fingerprint density at radius 2 is 1.77 bits per heavy atom. The highest BCUT2D eigenvalue weighted by atomic mass is 35.5. The van der Waals surface area contributed by atoms with Gasteiger partial charge in [-0.2, -0.15) is 4.31 Å². The first-order chi connectivity index (χ1) is 16.7. The van der Waals surface area contributed by atoms with Crippen molar-refractivity contribution in [3.8, 4) is 0 Å². The fourth-order valence-electron chi connectivity index (χ4n) is 3.98. The summed E-state index contributed by atoms with van der Waals surface area (Å²) >= 11 is 6.47. The van der Waals surface area contributed by atoms with E-state index in [1.54, 1.807) is 41.1 Å². The largest absolute Gasteiger partial charge is 0.469 e. The molecule has 0 saturated carbocycles. The number of hydrogen-bond donors (Lipinski definition) is 0. The molecule has 10 heteroatoms. The predicted octanol–water partition coefficient (Wildman–Crippen LogP) is 4.14. The van der Waals surface area contributed by atoms with Crippen molar-refractivity contribution in [1.29, 1.82) is 0 Å². The third-order valence-electron chi connectivity index (χ3n) is 5.95. The lowest BCUT2D eigenvalue weighted by atomic mass is 9.87. The van der Waals surface area contributed by atoms with Gasteiger partial charge in [-0.15, -0.1) is 5.10 Å². The quantitative estimate of drug-likeness (QED) is 0.329. The number of methoxy groups -OCH3 is 1. The molecule has 0 aliphatic carbocycles. The van der Waals surface area contributed by atoms with E-state index >= 15 is 0 Å². The van der Waals surface area contributed by atoms with Crippen LogP contribution in [-0.4, -0.2) is 47.8 Å². The summed E-state index contributed by atoms with van der Waals surface area (Å²) in [6.45, 7) is 0.0675. The number of benzene rings is 3. The van der Waals surface area contributed by atoms with Crippen LogP contribution in [0.3, 0.4) is 0 Å². The average molecular weight is 513 g/mol. The van der Waals surface area contributed by atoms with E-state index in [1.807, 2.05) is 37.4 Å². The van der Waals surface area contributed by atoms with Crippen molar-refractivity contribution in [3.05, 3.63) is 88.4 Å². The van der Waals surface area contributed by atoms with Gasteiger partial charge >= 0.3 is 5.97 Å². The monoisotopic (exact) mass is 512 g/mol. The van der Waals surface area contributed by atoms with Crippen LogP contribution < -0.4 is 0 Å². The van der Waals surface area contributed by atoms with Crippen LogP contribution in [0.1, 0.15) is 29.0 Å². The number of carbonyl (C=O) groups excluding carboxylic acids is 1. The lowest BCUT2D eigenvalue weighted by Gasteiger charge is -2.21. The zero-order valence-electron chi connectivity index (χ0n) is 19.6. The molecule has 4 rings (SSSR count). The second-order valence-corrected chi connectivity index (χ2v) is 10.7. The minimum atomic E-state index is -3.70. The van der Waals surface area contributed by atoms with Gasteiger partial charge in [0.1, 0.15) is 5.52 Å². The topological polar surface area (TPSA) is 94.4 Å². The standard InChI is InChI=1S/C25H25ClN4O4S/c1-29(35(32,33)20-7-5-4-6-8-20)16-19-13-17(9-11-22(19)26)21(15-25(31)34-3)18-10-12-24-23(14-18)27-28-30(24)2/h4-14,21H,15-16H2,1-3H3. The summed E-state index contributed by atoms with van der Waals surface area (Å²) in [4.78, 5) is 12.5. The molecule has 0 aliphatic heterocycles. The van der Waals surface area contributed by atoms with E-state index in [1.165, 1.54) is 18.5 Å². The van der Waals surface area contributed by atoms with Crippen LogP contribution >= 0.6 is 11.6 Å². The lowest BCUT2D eigenvalue weighted by Crippen LogP contribution is -2.26. The van der Waals surface area contributed by atoms with Gasteiger partial charge in [0.2, 0.25) is 10.0 Å². The first-order valence-electron chi connectivity index (χ1n) is 10.9. The van der Waals surface area contributed by atoms with Gasteiger partial charge in [-0.05, 0) is 47.0 Å². The molecule has 0 amide bonds. The Labute approximate surface area is 209 Å². The number of aromatic nitrogens is 3. The molecule has 0 radical (unpaired) electrons.